The molecule has 3 aromatic rings. The van der Waals surface area contributed by atoms with Crippen molar-refractivity contribution in [3.05, 3.63) is 108 Å². The maximum Gasteiger partial charge on any atom is 0.221 e. The van der Waals surface area contributed by atoms with E-state index in [-0.39, 0.29) is 18.2 Å². The van der Waals surface area contributed by atoms with Crippen molar-refractivity contribution in [2.24, 2.45) is 5.73 Å². The molecule has 0 saturated heterocycles. The van der Waals surface area contributed by atoms with E-state index in [1.54, 1.807) is 0 Å². The Morgan fingerprint density at radius 3 is 1.55 bits per heavy atom. The third-order valence-electron chi connectivity index (χ3n) is 5.28. The largest absolute Gasteiger partial charge is 0.370 e. The van der Waals surface area contributed by atoms with Gasteiger partial charge in [0.25, 0.3) is 0 Å². The molecule has 5 heteroatoms. The van der Waals surface area contributed by atoms with Crippen molar-refractivity contribution in [1.82, 2.24) is 10.6 Å². The number of nitrogens with one attached hydrogen (secondary N) is 2. The van der Waals surface area contributed by atoms with Gasteiger partial charge >= 0.3 is 0 Å². The van der Waals surface area contributed by atoms with Gasteiger partial charge in [0.05, 0.1) is 5.54 Å². The van der Waals surface area contributed by atoms with Crippen LogP contribution in [0.25, 0.3) is 0 Å². The Morgan fingerprint density at radius 2 is 1.13 bits per heavy atom. The molecule has 0 radical (unpaired) electrons. The van der Waals surface area contributed by atoms with Gasteiger partial charge in [-0.3, -0.25) is 14.9 Å². The molecule has 0 heterocycles. The minimum Gasteiger partial charge on any atom is -0.370 e. The summed E-state index contributed by atoms with van der Waals surface area (Å²) in [4.78, 5) is 23.1. The smallest absolute Gasteiger partial charge is 0.221 e. The summed E-state index contributed by atoms with van der Waals surface area (Å²) < 4.78 is 0. The van der Waals surface area contributed by atoms with Gasteiger partial charge in [-0.15, -0.1) is 0 Å². The van der Waals surface area contributed by atoms with E-state index in [9.17, 15) is 9.59 Å². The Balaban J connectivity index is 1.83. The minimum absolute atomic E-state index is 0.0555. The van der Waals surface area contributed by atoms with E-state index in [0.717, 1.165) is 16.7 Å². The van der Waals surface area contributed by atoms with E-state index < -0.39 is 5.54 Å². The fourth-order valence-electron chi connectivity index (χ4n) is 3.81. The highest BCUT2D eigenvalue weighted by molar-refractivity contribution is 5.76. The summed E-state index contributed by atoms with van der Waals surface area (Å²) in [5.74, 6) is -0.408. The van der Waals surface area contributed by atoms with Crippen molar-refractivity contribution in [2.75, 3.05) is 13.1 Å². The molecule has 0 unspecified atom stereocenters. The predicted octanol–water partition coefficient (Wildman–Crippen LogP) is 3.34. The van der Waals surface area contributed by atoms with Gasteiger partial charge in [0.2, 0.25) is 11.8 Å². The number of carbonyl (C=O) groups excluding carboxylic acids is 2. The van der Waals surface area contributed by atoms with Crippen molar-refractivity contribution in [2.45, 2.75) is 24.8 Å². The zero-order valence-corrected chi connectivity index (χ0v) is 17.6. The summed E-state index contributed by atoms with van der Waals surface area (Å²) in [6.07, 6.45) is 1.15. The molecule has 5 nitrogen and oxygen atoms in total. The average Bonchev–Trinajstić information content (AvgIpc) is 2.81. The lowest BCUT2D eigenvalue weighted by molar-refractivity contribution is -0.121. The second kappa shape index (κ2) is 11.1. The first kappa shape index (κ1) is 22.2. The first-order valence-corrected chi connectivity index (χ1v) is 10.6. The summed E-state index contributed by atoms with van der Waals surface area (Å²) in [5, 5.41) is 6.54. The molecular formula is C26H29N3O2. The SMILES string of the molecule is NC(=O)CCCNC(=O)CCNC(c1ccccc1)(c1ccccc1)c1ccccc1. The highest BCUT2D eigenvalue weighted by atomic mass is 16.2. The molecule has 0 aromatic heterocycles. The van der Waals surface area contributed by atoms with Gasteiger partial charge in [0.1, 0.15) is 0 Å². The monoisotopic (exact) mass is 415 g/mol. The Bertz CT molecular complexity index is 863. The fraction of sp³-hybridized carbons (Fsp3) is 0.231. The number of rotatable bonds is 11. The van der Waals surface area contributed by atoms with Crippen LogP contribution in [0.2, 0.25) is 0 Å². The normalized spacial score (nSPS) is 11.1. The number of carbonyl (C=O) groups is 2. The summed E-state index contributed by atoms with van der Waals surface area (Å²) in [6, 6.07) is 30.8. The van der Waals surface area contributed by atoms with Gasteiger partial charge in [-0.05, 0) is 23.1 Å². The Labute approximate surface area is 183 Å². The van der Waals surface area contributed by atoms with E-state index in [2.05, 4.69) is 47.0 Å². The molecule has 3 aromatic carbocycles. The molecule has 160 valence electrons. The van der Waals surface area contributed by atoms with Gasteiger partial charge in [0, 0.05) is 25.9 Å². The van der Waals surface area contributed by atoms with Gasteiger partial charge < -0.3 is 11.1 Å². The van der Waals surface area contributed by atoms with Crippen molar-refractivity contribution < 1.29 is 9.59 Å². The van der Waals surface area contributed by atoms with Crippen molar-refractivity contribution in [3.8, 4) is 0 Å². The standard InChI is InChI=1S/C26H29N3O2/c27-24(30)17-10-19-28-25(31)18-20-29-26(21-11-4-1-5-12-21,22-13-6-2-7-14-22)23-15-8-3-9-16-23/h1-9,11-16,29H,10,17-20H2,(H2,27,30)(H,28,31). The number of nitrogens with two attached hydrogens (primary N) is 1. The molecule has 3 rings (SSSR count). The molecule has 4 N–H and O–H groups in total. The fourth-order valence-corrected chi connectivity index (χ4v) is 3.81. The number of primary amides is 1. The lowest BCUT2D eigenvalue weighted by atomic mass is 9.77. The van der Waals surface area contributed by atoms with Crippen LogP contribution in [0.1, 0.15) is 36.0 Å². The second-order valence-electron chi connectivity index (χ2n) is 7.44. The Hall–Kier alpha value is -3.44. The van der Waals surface area contributed by atoms with Crippen molar-refractivity contribution >= 4 is 11.8 Å². The van der Waals surface area contributed by atoms with E-state index >= 15 is 0 Å². The van der Waals surface area contributed by atoms with E-state index in [4.69, 9.17) is 5.73 Å². The zero-order valence-electron chi connectivity index (χ0n) is 17.6. The van der Waals surface area contributed by atoms with Crippen LogP contribution in [0.4, 0.5) is 0 Å². The third kappa shape index (κ3) is 5.80. The lowest BCUT2D eigenvalue weighted by Crippen LogP contribution is -2.46. The first-order valence-electron chi connectivity index (χ1n) is 10.6. The third-order valence-corrected chi connectivity index (χ3v) is 5.28. The summed E-state index contributed by atoms with van der Waals surface area (Å²) >= 11 is 0. The molecule has 0 spiro atoms. The van der Waals surface area contributed by atoms with E-state index in [1.165, 1.54) is 0 Å². The molecule has 0 bridgehead atoms. The minimum atomic E-state index is -0.587. The number of hydrogen-bond donors (Lipinski definition) is 3. The van der Waals surface area contributed by atoms with Crippen molar-refractivity contribution in [1.29, 1.82) is 0 Å². The molecule has 0 fully saturated rings. The van der Waals surface area contributed by atoms with E-state index in [1.807, 2.05) is 54.6 Å². The van der Waals surface area contributed by atoms with Crippen LogP contribution in [-0.2, 0) is 15.1 Å². The molecular weight excluding hydrogens is 386 g/mol. The highest BCUT2D eigenvalue weighted by Gasteiger charge is 2.35. The number of amides is 2. The van der Waals surface area contributed by atoms with Crippen LogP contribution in [0.3, 0.4) is 0 Å². The van der Waals surface area contributed by atoms with E-state index in [0.29, 0.717) is 25.9 Å². The molecule has 2 amide bonds. The van der Waals surface area contributed by atoms with Crippen LogP contribution in [-0.4, -0.2) is 24.9 Å². The molecule has 0 aliphatic heterocycles. The van der Waals surface area contributed by atoms with Gasteiger partial charge in [-0.2, -0.15) is 0 Å². The Kier molecular flexibility index (Phi) is 7.96. The molecule has 0 saturated carbocycles. The van der Waals surface area contributed by atoms with Crippen molar-refractivity contribution in [3.63, 3.8) is 0 Å². The number of benzene rings is 3. The number of hydrogen-bond acceptors (Lipinski definition) is 3. The maximum atomic E-state index is 12.3. The molecule has 0 aliphatic carbocycles. The molecule has 0 atom stereocenters. The average molecular weight is 416 g/mol. The predicted molar refractivity (Wildman–Crippen MR) is 123 cm³/mol. The van der Waals surface area contributed by atoms with Gasteiger partial charge in [0.15, 0.2) is 0 Å². The van der Waals surface area contributed by atoms with Crippen LogP contribution in [0.15, 0.2) is 91.0 Å². The van der Waals surface area contributed by atoms with Crippen LogP contribution >= 0.6 is 0 Å². The van der Waals surface area contributed by atoms with Crippen LogP contribution in [0.5, 0.6) is 0 Å². The molecule has 31 heavy (non-hydrogen) atoms. The highest BCUT2D eigenvalue weighted by Crippen LogP contribution is 2.36. The van der Waals surface area contributed by atoms with Gasteiger partial charge in [-0.1, -0.05) is 91.0 Å². The Morgan fingerprint density at radius 1 is 0.677 bits per heavy atom. The van der Waals surface area contributed by atoms with Crippen LogP contribution in [0, 0.1) is 0 Å². The topological polar surface area (TPSA) is 84.2 Å². The lowest BCUT2D eigenvalue weighted by Gasteiger charge is -2.37. The van der Waals surface area contributed by atoms with Crippen LogP contribution < -0.4 is 16.4 Å². The summed E-state index contributed by atoms with van der Waals surface area (Å²) in [5.41, 5.74) is 7.87. The zero-order chi connectivity index (χ0) is 21.9. The first-order chi connectivity index (χ1) is 15.1. The second-order valence-corrected chi connectivity index (χ2v) is 7.44. The molecule has 0 aliphatic rings. The quantitative estimate of drug-likeness (QED) is 0.332. The maximum absolute atomic E-state index is 12.3. The summed E-state index contributed by atoms with van der Waals surface area (Å²) in [6.45, 7) is 0.934. The summed E-state index contributed by atoms with van der Waals surface area (Å²) in [7, 11) is 0. The van der Waals surface area contributed by atoms with Gasteiger partial charge in [-0.25, -0.2) is 0 Å².